The van der Waals surface area contributed by atoms with Crippen molar-refractivity contribution in [3.05, 3.63) is 0 Å². The van der Waals surface area contributed by atoms with Crippen molar-refractivity contribution in [2.45, 2.75) is 97.9 Å². The van der Waals surface area contributed by atoms with Gasteiger partial charge in [-0.15, -0.1) is 0 Å². The molecule has 0 saturated carbocycles. The molecule has 0 spiro atoms. The fraction of sp³-hybridized carbons (Fsp3) is 1.00. The van der Waals surface area contributed by atoms with Gasteiger partial charge in [0.05, 0.1) is 0 Å². The van der Waals surface area contributed by atoms with E-state index in [1.54, 1.807) is 0 Å². The summed E-state index contributed by atoms with van der Waals surface area (Å²) in [5.41, 5.74) is 0. The van der Waals surface area contributed by atoms with E-state index in [1.165, 1.54) is 38.5 Å². The summed E-state index contributed by atoms with van der Waals surface area (Å²) in [5, 5.41) is 9.09. The van der Waals surface area contributed by atoms with E-state index in [-0.39, 0.29) is 12.5 Å². The molecule has 0 aromatic heterocycles. The van der Waals surface area contributed by atoms with Gasteiger partial charge in [0, 0.05) is 32.3 Å². The highest BCUT2D eigenvalue weighted by Gasteiger charge is 2.41. The molecule has 0 heterocycles. The van der Waals surface area contributed by atoms with Gasteiger partial charge < -0.3 is 19.3 Å². The Bertz CT molecular complexity index is 241. The Hall–Kier alpha value is -0.160. The molecule has 0 aromatic carbocycles. The molecule has 0 bridgehead atoms. The summed E-state index contributed by atoms with van der Waals surface area (Å²) in [7, 11) is 0. The number of ether oxygens (including phenoxy) is 3. The Morgan fingerprint density at radius 3 is 1.58 bits per heavy atom. The molecular weight excluding hydrogens is 304 g/mol. The number of rotatable bonds is 18. The molecule has 0 aliphatic rings. The topological polar surface area (TPSA) is 47.9 Å². The molecule has 146 valence electrons. The molecule has 24 heavy (non-hydrogen) atoms. The molecule has 0 aliphatic heterocycles. The third-order valence-corrected chi connectivity index (χ3v) is 4.40. The molecule has 0 saturated heterocycles. The SMILES string of the molecule is CCCCCCCCC(CCCCO)C(OCC)(OCC)OCC. The van der Waals surface area contributed by atoms with Crippen LogP contribution in [0, 0.1) is 5.92 Å². The lowest BCUT2D eigenvalue weighted by atomic mass is 9.92. The first-order chi connectivity index (χ1) is 11.7. The van der Waals surface area contributed by atoms with Crippen LogP contribution in [0.5, 0.6) is 0 Å². The molecule has 0 rings (SSSR count). The van der Waals surface area contributed by atoms with Gasteiger partial charge in [0.25, 0.3) is 5.97 Å². The van der Waals surface area contributed by atoms with Crippen molar-refractivity contribution in [3.8, 4) is 0 Å². The van der Waals surface area contributed by atoms with Crippen LogP contribution >= 0.6 is 0 Å². The number of hydrogen-bond donors (Lipinski definition) is 1. The monoisotopic (exact) mass is 346 g/mol. The van der Waals surface area contributed by atoms with Gasteiger partial charge in [-0.3, -0.25) is 0 Å². The quantitative estimate of drug-likeness (QED) is 0.271. The van der Waals surface area contributed by atoms with E-state index in [9.17, 15) is 0 Å². The van der Waals surface area contributed by atoms with E-state index in [0.717, 1.165) is 25.7 Å². The van der Waals surface area contributed by atoms with Crippen molar-refractivity contribution >= 4 is 0 Å². The van der Waals surface area contributed by atoms with Gasteiger partial charge >= 0.3 is 0 Å². The molecule has 0 aliphatic carbocycles. The smallest absolute Gasteiger partial charge is 0.285 e. The lowest BCUT2D eigenvalue weighted by molar-refractivity contribution is -0.403. The van der Waals surface area contributed by atoms with Crippen LogP contribution in [0.4, 0.5) is 0 Å². The number of unbranched alkanes of at least 4 members (excludes halogenated alkanes) is 6. The van der Waals surface area contributed by atoms with Crippen molar-refractivity contribution in [2.24, 2.45) is 5.92 Å². The summed E-state index contributed by atoms with van der Waals surface area (Å²) >= 11 is 0. The third-order valence-electron chi connectivity index (χ3n) is 4.40. The first-order valence-corrected chi connectivity index (χ1v) is 10.2. The van der Waals surface area contributed by atoms with Crippen LogP contribution in [0.1, 0.15) is 91.9 Å². The molecule has 0 aromatic rings. The zero-order chi connectivity index (χ0) is 18.1. The zero-order valence-corrected chi connectivity index (χ0v) is 16.6. The van der Waals surface area contributed by atoms with Crippen LogP contribution in [-0.4, -0.2) is 37.5 Å². The van der Waals surface area contributed by atoms with Gasteiger partial charge in [-0.2, -0.15) is 0 Å². The van der Waals surface area contributed by atoms with Gasteiger partial charge in [-0.25, -0.2) is 0 Å². The highest BCUT2D eigenvalue weighted by atomic mass is 16.9. The van der Waals surface area contributed by atoms with Crippen molar-refractivity contribution in [2.75, 3.05) is 26.4 Å². The van der Waals surface area contributed by atoms with E-state index >= 15 is 0 Å². The summed E-state index contributed by atoms with van der Waals surface area (Å²) in [5.74, 6) is -0.702. The van der Waals surface area contributed by atoms with Crippen LogP contribution in [0.15, 0.2) is 0 Å². The van der Waals surface area contributed by atoms with Crippen molar-refractivity contribution < 1.29 is 19.3 Å². The van der Waals surface area contributed by atoms with Crippen LogP contribution < -0.4 is 0 Å². The van der Waals surface area contributed by atoms with Gasteiger partial charge in [0.2, 0.25) is 0 Å². The van der Waals surface area contributed by atoms with Gasteiger partial charge in [0.1, 0.15) is 0 Å². The van der Waals surface area contributed by atoms with Crippen LogP contribution in [-0.2, 0) is 14.2 Å². The van der Waals surface area contributed by atoms with Gasteiger partial charge in [-0.1, -0.05) is 51.9 Å². The summed E-state index contributed by atoms with van der Waals surface area (Å²) in [6, 6.07) is 0. The fourth-order valence-electron chi connectivity index (χ4n) is 3.25. The lowest BCUT2D eigenvalue weighted by Gasteiger charge is -2.39. The minimum Gasteiger partial charge on any atom is -0.396 e. The number of aliphatic hydroxyl groups excluding tert-OH is 1. The van der Waals surface area contributed by atoms with Gasteiger partial charge in [-0.05, 0) is 40.0 Å². The zero-order valence-electron chi connectivity index (χ0n) is 16.6. The Labute approximate surface area is 150 Å². The van der Waals surface area contributed by atoms with Crippen LogP contribution in [0.2, 0.25) is 0 Å². The normalized spacial score (nSPS) is 13.4. The molecular formula is C20H42O4. The van der Waals surface area contributed by atoms with Crippen LogP contribution in [0.3, 0.4) is 0 Å². The average molecular weight is 347 g/mol. The highest BCUT2D eigenvalue weighted by Crippen LogP contribution is 2.34. The van der Waals surface area contributed by atoms with Crippen LogP contribution in [0.25, 0.3) is 0 Å². The molecule has 0 radical (unpaired) electrons. The van der Waals surface area contributed by atoms with Crippen molar-refractivity contribution in [1.82, 2.24) is 0 Å². The highest BCUT2D eigenvalue weighted by molar-refractivity contribution is 4.73. The lowest BCUT2D eigenvalue weighted by Crippen LogP contribution is -2.46. The van der Waals surface area contributed by atoms with E-state index in [1.807, 2.05) is 20.8 Å². The number of hydrogen-bond acceptors (Lipinski definition) is 4. The summed E-state index contributed by atoms with van der Waals surface area (Å²) in [6.45, 7) is 10.2. The second-order valence-corrected chi connectivity index (χ2v) is 6.38. The molecule has 4 nitrogen and oxygen atoms in total. The van der Waals surface area contributed by atoms with Gasteiger partial charge in [0.15, 0.2) is 0 Å². The maximum atomic E-state index is 9.09. The maximum Gasteiger partial charge on any atom is 0.285 e. The predicted molar refractivity (Wildman–Crippen MR) is 100 cm³/mol. The Morgan fingerprint density at radius 1 is 0.667 bits per heavy atom. The minimum absolute atomic E-state index is 0.218. The standard InChI is InChI=1S/C20H42O4/c1-5-9-10-11-12-13-16-19(17-14-15-18-21)20(22-6-2,23-7-3)24-8-4/h19,21H,5-18H2,1-4H3. The maximum absolute atomic E-state index is 9.09. The Kier molecular flexibility index (Phi) is 16.2. The first-order valence-electron chi connectivity index (χ1n) is 10.2. The molecule has 1 unspecified atom stereocenters. The molecule has 0 fully saturated rings. The number of aliphatic hydroxyl groups is 1. The second-order valence-electron chi connectivity index (χ2n) is 6.38. The molecule has 4 heteroatoms. The average Bonchev–Trinajstić information content (AvgIpc) is 2.57. The van der Waals surface area contributed by atoms with E-state index < -0.39 is 5.97 Å². The van der Waals surface area contributed by atoms with Crippen molar-refractivity contribution in [1.29, 1.82) is 0 Å². The summed E-state index contributed by atoms with van der Waals surface area (Å²) in [4.78, 5) is 0. The van der Waals surface area contributed by atoms with E-state index in [2.05, 4.69) is 6.92 Å². The molecule has 1 N–H and O–H groups in total. The van der Waals surface area contributed by atoms with E-state index in [4.69, 9.17) is 19.3 Å². The van der Waals surface area contributed by atoms with Crippen molar-refractivity contribution in [3.63, 3.8) is 0 Å². The Morgan fingerprint density at radius 2 is 1.12 bits per heavy atom. The molecule has 1 atom stereocenters. The first kappa shape index (κ1) is 23.8. The predicted octanol–water partition coefficient (Wildman–Crippen LogP) is 5.28. The minimum atomic E-state index is -0.920. The summed E-state index contributed by atoms with van der Waals surface area (Å²) in [6.07, 6.45) is 11.5. The second kappa shape index (κ2) is 16.3. The third kappa shape index (κ3) is 9.97. The summed E-state index contributed by atoms with van der Waals surface area (Å²) < 4.78 is 18.0. The Balaban J connectivity index is 4.74. The molecule has 0 amide bonds. The fourth-order valence-corrected chi connectivity index (χ4v) is 3.25. The van der Waals surface area contributed by atoms with E-state index in [0.29, 0.717) is 19.8 Å². The largest absolute Gasteiger partial charge is 0.396 e.